The Bertz CT molecular complexity index is 1860. The van der Waals surface area contributed by atoms with Gasteiger partial charge in [0.2, 0.25) is 0 Å². The summed E-state index contributed by atoms with van der Waals surface area (Å²) in [4.78, 5) is 61.7. The van der Waals surface area contributed by atoms with E-state index in [-0.39, 0.29) is 18.7 Å². The van der Waals surface area contributed by atoms with Crippen molar-refractivity contribution in [3.8, 4) is 0 Å². The molecule has 388 valence electrons. The molecule has 0 radical (unpaired) electrons. The zero-order valence-electron chi connectivity index (χ0n) is 40.2. The molecule has 0 aliphatic carbocycles. The van der Waals surface area contributed by atoms with Gasteiger partial charge in [-0.1, -0.05) is 140 Å². The van der Waals surface area contributed by atoms with E-state index >= 15 is 0 Å². The first-order chi connectivity index (χ1) is 32.5. The van der Waals surface area contributed by atoms with Crippen LogP contribution in [0.25, 0.3) is 0 Å². The van der Waals surface area contributed by atoms with Crippen molar-refractivity contribution in [2.45, 2.75) is 186 Å². The fourth-order valence-electron chi connectivity index (χ4n) is 6.83. The number of nitrogens with two attached hydrogens (primary N) is 1. The molecular formula is C47H79N3O16P2. The molecule has 1 aromatic rings. The number of carbonyl (C=O) groups excluding carboxylic acids is 2. The zero-order chi connectivity index (χ0) is 50.2. The number of nitrogen functional groups attached to an aromatic ring is 1. The average Bonchev–Trinajstić information content (AvgIpc) is 3.57. The number of unbranched alkanes of at least 4 members (excludes halogenated alkanes) is 9. The van der Waals surface area contributed by atoms with E-state index in [0.717, 1.165) is 74.5 Å². The van der Waals surface area contributed by atoms with E-state index in [2.05, 4.69) is 36.1 Å². The number of allylic oxidation sites excluding steroid dienone is 7. The number of hydrogen-bond acceptors (Lipinski definition) is 16. The Balaban J connectivity index is 1.86. The Labute approximate surface area is 402 Å². The molecule has 1 aliphatic rings. The first-order valence-corrected chi connectivity index (χ1v) is 27.1. The SMILES string of the molecule is CCCC[C@@H](O)/C=C\C/C=C\C/C=C\C/C=C\CCCC(=O)O[C@H](COC(=O)CCCCCCCCCCC(C)CC)COP(=O)(O)OP(=O)(O)OC[C@H]1O[C@@H](n2ccc(N)nc2=O)[C@H](O)[C@@H]1O. The van der Waals surface area contributed by atoms with Crippen LogP contribution < -0.4 is 11.4 Å². The molecule has 0 spiro atoms. The number of anilines is 1. The highest BCUT2D eigenvalue weighted by Gasteiger charge is 2.46. The lowest BCUT2D eigenvalue weighted by Gasteiger charge is -2.21. The van der Waals surface area contributed by atoms with Gasteiger partial charge < -0.3 is 45.1 Å². The number of hydrogen-bond donors (Lipinski definition) is 6. The quantitative estimate of drug-likeness (QED) is 0.0157. The summed E-state index contributed by atoms with van der Waals surface area (Å²) in [6, 6.07) is 1.24. The van der Waals surface area contributed by atoms with Gasteiger partial charge in [0, 0.05) is 19.0 Å². The number of aromatic nitrogens is 2. The Morgan fingerprint density at radius 2 is 1.41 bits per heavy atom. The lowest BCUT2D eigenvalue weighted by atomic mass is 9.99. The summed E-state index contributed by atoms with van der Waals surface area (Å²) >= 11 is 0. The Hall–Kier alpha value is -3.32. The van der Waals surface area contributed by atoms with Gasteiger partial charge in [-0.3, -0.25) is 23.2 Å². The second-order valence-electron chi connectivity index (χ2n) is 17.0. The van der Waals surface area contributed by atoms with Crippen LogP contribution in [0.5, 0.6) is 0 Å². The number of aliphatic hydroxyl groups excluding tert-OH is 3. The minimum Gasteiger partial charge on any atom is -0.462 e. The van der Waals surface area contributed by atoms with E-state index in [0.29, 0.717) is 25.7 Å². The number of phosphoric acid groups is 2. The maximum atomic E-state index is 12.8. The van der Waals surface area contributed by atoms with Crippen molar-refractivity contribution in [1.29, 1.82) is 0 Å². The Morgan fingerprint density at radius 1 is 0.809 bits per heavy atom. The minimum atomic E-state index is -5.44. The summed E-state index contributed by atoms with van der Waals surface area (Å²) in [6.45, 7) is 4.21. The van der Waals surface area contributed by atoms with Crippen molar-refractivity contribution in [1.82, 2.24) is 9.55 Å². The second-order valence-corrected chi connectivity index (χ2v) is 20.1. The molecule has 1 fully saturated rings. The fourth-order valence-corrected chi connectivity index (χ4v) is 8.94. The van der Waals surface area contributed by atoms with E-state index in [1.54, 1.807) is 0 Å². The van der Waals surface area contributed by atoms with Crippen LogP contribution in [-0.2, 0) is 46.3 Å². The normalized spacial score (nSPS) is 20.8. The summed E-state index contributed by atoms with van der Waals surface area (Å²) in [6.07, 6.45) is 25.6. The maximum Gasteiger partial charge on any atom is 0.481 e. The Kier molecular flexibility index (Phi) is 31.2. The van der Waals surface area contributed by atoms with Gasteiger partial charge in [0.05, 0.1) is 19.3 Å². The van der Waals surface area contributed by atoms with Gasteiger partial charge in [-0.15, -0.1) is 0 Å². The summed E-state index contributed by atoms with van der Waals surface area (Å²) in [5, 5.41) is 30.7. The van der Waals surface area contributed by atoms with E-state index in [1.165, 1.54) is 38.2 Å². The smallest absolute Gasteiger partial charge is 0.462 e. The van der Waals surface area contributed by atoms with Crippen molar-refractivity contribution in [3.63, 3.8) is 0 Å². The molecular weight excluding hydrogens is 924 g/mol. The van der Waals surface area contributed by atoms with Crippen LogP contribution in [0.4, 0.5) is 5.82 Å². The molecule has 0 amide bonds. The van der Waals surface area contributed by atoms with Crippen molar-refractivity contribution in [2.24, 2.45) is 5.92 Å². The third kappa shape index (κ3) is 27.8. The van der Waals surface area contributed by atoms with Crippen molar-refractivity contribution in [2.75, 3.05) is 25.6 Å². The van der Waals surface area contributed by atoms with E-state index in [4.69, 9.17) is 29.0 Å². The molecule has 1 aromatic heterocycles. The third-order valence-electron chi connectivity index (χ3n) is 11.0. The lowest BCUT2D eigenvalue weighted by Crippen LogP contribution is -2.36. The first-order valence-electron chi connectivity index (χ1n) is 24.1. The van der Waals surface area contributed by atoms with Gasteiger partial charge in [0.15, 0.2) is 12.3 Å². The molecule has 7 N–H and O–H groups in total. The van der Waals surface area contributed by atoms with Crippen LogP contribution in [-0.4, -0.2) is 96.9 Å². The van der Waals surface area contributed by atoms with Gasteiger partial charge >= 0.3 is 33.3 Å². The van der Waals surface area contributed by atoms with E-state index in [9.17, 15) is 48.6 Å². The first kappa shape index (κ1) is 60.8. The van der Waals surface area contributed by atoms with Crippen LogP contribution in [0.2, 0.25) is 0 Å². The van der Waals surface area contributed by atoms with Crippen LogP contribution >= 0.6 is 15.6 Å². The molecule has 0 bridgehead atoms. The average molecular weight is 1000 g/mol. The molecule has 0 aromatic carbocycles. The van der Waals surface area contributed by atoms with Gasteiger partial charge in [-0.25, -0.2) is 13.9 Å². The van der Waals surface area contributed by atoms with E-state index < -0.39 is 89.8 Å². The number of aliphatic hydroxyl groups is 3. The summed E-state index contributed by atoms with van der Waals surface area (Å²) in [5.74, 6) is -0.630. The highest BCUT2D eigenvalue weighted by atomic mass is 31.3. The van der Waals surface area contributed by atoms with Crippen molar-refractivity contribution in [3.05, 3.63) is 71.4 Å². The molecule has 9 atom stereocenters. The number of carbonyl (C=O) groups is 2. The molecule has 1 aliphatic heterocycles. The minimum absolute atomic E-state index is 0.0432. The highest BCUT2D eigenvalue weighted by Crippen LogP contribution is 2.60. The largest absolute Gasteiger partial charge is 0.481 e. The molecule has 1 saturated heterocycles. The van der Waals surface area contributed by atoms with Crippen LogP contribution in [0.1, 0.15) is 155 Å². The van der Waals surface area contributed by atoms with Gasteiger partial charge in [0.1, 0.15) is 30.7 Å². The topological polar surface area (TPSA) is 286 Å². The summed E-state index contributed by atoms with van der Waals surface area (Å²) < 4.78 is 56.6. The molecule has 3 unspecified atom stereocenters. The molecule has 0 saturated carbocycles. The molecule has 2 rings (SSSR count). The second kappa shape index (κ2) is 34.9. The molecule has 19 nitrogen and oxygen atoms in total. The lowest BCUT2D eigenvalue weighted by molar-refractivity contribution is -0.161. The highest BCUT2D eigenvalue weighted by molar-refractivity contribution is 7.61. The summed E-state index contributed by atoms with van der Waals surface area (Å²) in [5.41, 5.74) is 4.57. The standard InChI is InChI=1S/C47H79N3O16P2/c1-4-6-28-38(51)29-24-20-16-11-9-7-8-10-12-18-22-26-31-43(53)64-39(34-61-42(52)30-25-21-17-14-13-15-19-23-27-37(3)5-2)35-62-67(57,58)66-68(59,60)63-36-40-44(54)45(55)46(65-40)50-33-32-41(48)49-47(50)56/h7-8,11-12,16,18,24,29,32-33,37-40,44-46,51,54-55H,4-6,9-10,13-15,17,19-23,25-28,30-31,34-36H2,1-3H3,(H,57,58)(H,59,60)(H2,48,49,56)/b8-7-,16-11-,18-12-,29-24-/t37?,38-,39-,40-,44-,45-,46-/m1/s1. The van der Waals surface area contributed by atoms with Gasteiger partial charge in [-0.05, 0) is 56.9 Å². The zero-order valence-corrected chi connectivity index (χ0v) is 42.0. The maximum absolute atomic E-state index is 12.8. The molecule has 68 heavy (non-hydrogen) atoms. The number of rotatable bonds is 38. The number of esters is 2. The number of nitrogens with zero attached hydrogens (tertiary/aromatic N) is 2. The van der Waals surface area contributed by atoms with Crippen LogP contribution in [0.3, 0.4) is 0 Å². The summed E-state index contributed by atoms with van der Waals surface area (Å²) in [7, 11) is -10.9. The number of ether oxygens (including phenoxy) is 3. The number of phosphoric ester groups is 2. The van der Waals surface area contributed by atoms with Crippen LogP contribution in [0, 0.1) is 5.92 Å². The predicted molar refractivity (Wildman–Crippen MR) is 258 cm³/mol. The molecule has 21 heteroatoms. The van der Waals surface area contributed by atoms with Gasteiger partial charge in [-0.2, -0.15) is 9.29 Å². The van der Waals surface area contributed by atoms with Crippen molar-refractivity contribution >= 4 is 33.4 Å². The Morgan fingerprint density at radius 3 is 2.06 bits per heavy atom. The van der Waals surface area contributed by atoms with Crippen molar-refractivity contribution < 1.29 is 71.4 Å². The predicted octanol–water partition coefficient (Wildman–Crippen LogP) is 8.21. The fraction of sp³-hybridized carbons (Fsp3) is 0.702. The molecule has 2 heterocycles. The van der Waals surface area contributed by atoms with Crippen LogP contribution in [0.15, 0.2) is 65.7 Å². The monoisotopic (exact) mass is 1000 g/mol. The van der Waals surface area contributed by atoms with E-state index in [1.807, 2.05) is 42.5 Å². The third-order valence-corrected chi connectivity index (χ3v) is 13.6. The van der Waals surface area contributed by atoms with Gasteiger partial charge in [0.25, 0.3) is 0 Å².